The number of nitrogens with two attached hydrogens (primary N) is 1. The molecule has 1 aliphatic heterocycles. The molecule has 0 aliphatic carbocycles. The molecule has 1 unspecified atom stereocenters. The molecule has 1 atom stereocenters. The third-order valence-electron chi connectivity index (χ3n) is 3.60. The van der Waals surface area contributed by atoms with Crippen LogP contribution < -0.4 is 16.4 Å². The molecule has 5 nitrogen and oxygen atoms in total. The molecule has 21 heavy (non-hydrogen) atoms. The Morgan fingerprint density at radius 2 is 2.24 bits per heavy atom. The van der Waals surface area contributed by atoms with Gasteiger partial charge < -0.3 is 16.4 Å². The molecular formula is C15H16N4OS. The molecule has 1 amide bonds. The second-order valence-electron chi connectivity index (χ2n) is 5.12. The number of rotatable bonds is 3. The van der Waals surface area contributed by atoms with Crippen molar-refractivity contribution in [3.8, 4) is 0 Å². The number of pyridine rings is 1. The van der Waals surface area contributed by atoms with E-state index in [0.717, 1.165) is 28.7 Å². The van der Waals surface area contributed by atoms with Gasteiger partial charge >= 0.3 is 0 Å². The first-order valence-corrected chi connectivity index (χ1v) is 7.27. The first-order chi connectivity index (χ1) is 10.1. The van der Waals surface area contributed by atoms with Gasteiger partial charge in [-0.2, -0.15) is 0 Å². The molecule has 3 rings (SSSR count). The quantitative estimate of drug-likeness (QED) is 0.750. The van der Waals surface area contributed by atoms with Gasteiger partial charge in [0.15, 0.2) is 0 Å². The fourth-order valence-electron chi connectivity index (χ4n) is 2.52. The van der Waals surface area contributed by atoms with E-state index >= 15 is 0 Å². The van der Waals surface area contributed by atoms with E-state index in [1.54, 1.807) is 0 Å². The van der Waals surface area contributed by atoms with Crippen molar-refractivity contribution in [3.63, 3.8) is 0 Å². The van der Waals surface area contributed by atoms with Crippen molar-refractivity contribution in [2.45, 2.75) is 18.9 Å². The normalized spacial score (nSPS) is 18.3. The van der Waals surface area contributed by atoms with E-state index in [4.69, 9.17) is 18.0 Å². The molecule has 6 heteroatoms. The van der Waals surface area contributed by atoms with Gasteiger partial charge in [0, 0.05) is 30.0 Å². The van der Waals surface area contributed by atoms with Crippen LogP contribution in [0, 0.1) is 0 Å². The molecule has 2 aromatic rings. The Hall–Kier alpha value is -2.21. The van der Waals surface area contributed by atoms with Crippen LogP contribution in [0.1, 0.15) is 18.4 Å². The lowest BCUT2D eigenvalue weighted by Crippen LogP contribution is -2.42. The van der Waals surface area contributed by atoms with E-state index in [-0.39, 0.29) is 11.9 Å². The molecular weight excluding hydrogens is 284 g/mol. The molecule has 0 spiro atoms. The Labute approximate surface area is 127 Å². The van der Waals surface area contributed by atoms with E-state index in [0.29, 0.717) is 18.0 Å². The van der Waals surface area contributed by atoms with E-state index in [1.807, 2.05) is 30.3 Å². The Bertz CT molecular complexity index is 706. The van der Waals surface area contributed by atoms with Crippen molar-refractivity contribution in [2.75, 3.05) is 11.9 Å². The summed E-state index contributed by atoms with van der Waals surface area (Å²) in [6.07, 6.45) is 1.33. The van der Waals surface area contributed by atoms with Gasteiger partial charge in [0.25, 0.3) is 0 Å². The van der Waals surface area contributed by atoms with Crippen LogP contribution in [0.2, 0.25) is 0 Å². The van der Waals surface area contributed by atoms with Crippen LogP contribution in [0.25, 0.3) is 10.9 Å². The number of anilines is 1. The van der Waals surface area contributed by atoms with Crippen LogP contribution in [0.3, 0.4) is 0 Å². The SMILES string of the molecule is NC(=S)c1cc(NC2CCC(=O)NC2)nc2ccccc12. The maximum atomic E-state index is 11.2. The van der Waals surface area contributed by atoms with Crippen LogP contribution >= 0.6 is 12.2 Å². The second kappa shape index (κ2) is 5.65. The number of carbonyl (C=O) groups is 1. The van der Waals surface area contributed by atoms with Crippen LogP contribution in [0.15, 0.2) is 30.3 Å². The molecule has 108 valence electrons. The van der Waals surface area contributed by atoms with Crippen molar-refractivity contribution in [2.24, 2.45) is 5.73 Å². The van der Waals surface area contributed by atoms with Gasteiger partial charge in [-0.25, -0.2) is 4.98 Å². The molecule has 4 N–H and O–H groups in total. The van der Waals surface area contributed by atoms with Crippen molar-refractivity contribution < 1.29 is 4.79 Å². The standard InChI is InChI=1S/C15H16N4OS/c16-15(21)11-7-13(18-9-5-6-14(20)17-8-9)19-12-4-2-1-3-10(11)12/h1-4,7,9H,5-6,8H2,(H2,16,21)(H,17,20)(H,18,19). The molecule has 0 radical (unpaired) electrons. The number of amides is 1. The first-order valence-electron chi connectivity index (χ1n) is 6.86. The van der Waals surface area contributed by atoms with Crippen LogP contribution in [-0.4, -0.2) is 28.5 Å². The molecule has 1 saturated heterocycles. The molecule has 1 fully saturated rings. The van der Waals surface area contributed by atoms with Crippen molar-refractivity contribution >= 4 is 39.8 Å². The summed E-state index contributed by atoms with van der Waals surface area (Å²) in [6.45, 7) is 0.607. The van der Waals surface area contributed by atoms with Crippen molar-refractivity contribution in [3.05, 3.63) is 35.9 Å². The van der Waals surface area contributed by atoms with Crippen LogP contribution in [0.5, 0.6) is 0 Å². The Morgan fingerprint density at radius 3 is 2.95 bits per heavy atom. The van der Waals surface area contributed by atoms with E-state index in [1.165, 1.54) is 0 Å². The molecule has 1 aromatic heterocycles. The number of hydrogen-bond donors (Lipinski definition) is 3. The summed E-state index contributed by atoms with van der Waals surface area (Å²) in [7, 11) is 0. The number of fused-ring (bicyclic) bond motifs is 1. The molecule has 1 aliphatic rings. The van der Waals surface area contributed by atoms with E-state index in [9.17, 15) is 4.79 Å². The zero-order valence-corrected chi connectivity index (χ0v) is 12.2. The Kier molecular flexibility index (Phi) is 3.70. The van der Waals surface area contributed by atoms with Gasteiger partial charge in [-0.05, 0) is 18.6 Å². The van der Waals surface area contributed by atoms with E-state index in [2.05, 4.69) is 15.6 Å². The number of thiocarbonyl (C=S) groups is 1. The largest absolute Gasteiger partial charge is 0.389 e. The van der Waals surface area contributed by atoms with Crippen molar-refractivity contribution in [1.29, 1.82) is 0 Å². The fourth-order valence-corrected chi connectivity index (χ4v) is 2.69. The lowest BCUT2D eigenvalue weighted by molar-refractivity contribution is -0.122. The maximum Gasteiger partial charge on any atom is 0.220 e. The second-order valence-corrected chi connectivity index (χ2v) is 5.56. The highest BCUT2D eigenvalue weighted by molar-refractivity contribution is 7.80. The molecule has 0 bridgehead atoms. The summed E-state index contributed by atoms with van der Waals surface area (Å²) in [4.78, 5) is 16.1. The van der Waals surface area contributed by atoms with Crippen LogP contribution in [-0.2, 0) is 4.79 Å². The van der Waals surface area contributed by atoms with Gasteiger partial charge in [-0.3, -0.25) is 4.79 Å². The van der Waals surface area contributed by atoms with Gasteiger partial charge in [-0.15, -0.1) is 0 Å². The number of nitrogens with one attached hydrogen (secondary N) is 2. The zero-order chi connectivity index (χ0) is 14.8. The highest BCUT2D eigenvalue weighted by Gasteiger charge is 2.18. The summed E-state index contributed by atoms with van der Waals surface area (Å²) in [5.41, 5.74) is 7.49. The maximum absolute atomic E-state index is 11.2. The predicted molar refractivity (Wildman–Crippen MR) is 87.3 cm³/mol. The molecule has 2 heterocycles. The minimum absolute atomic E-state index is 0.100. The van der Waals surface area contributed by atoms with E-state index < -0.39 is 0 Å². The van der Waals surface area contributed by atoms with Gasteiger partial charge in [-0.1, -0.05) is 30.4 Å². The molecule has 0 saturated carbocycles. The monoisotopic (exact) mass is 300 g/mol. The number of hydrogen-bond acceptors (Lipinski definition) is 4. The third kappa shape index (κ3) is 2.95. The zero-order valence-electron chi connectivity index (χ0n) is 11.4. The van der Waals surface area contributed by atoms with Crippen LogP contribution in [0.4, 0.5) is 5.82 Å². The topological polar surface area (TPSA) is 80.0 Å². The van der Waals surface area contributed by atoms with Crippen molar-refractivity contribution in [1.82, 2.24) is 10.3 Å². The predicted octanol–water partition coefficient (Wildman–Crippen LogP) is 1.56. The number of nitrogens with zero attached hydrogens (tertiary/aromatic N) is 1. The highest BCUT2D eigenvalue weighted by Crippen LogP contribution is 2.22. The number of benzene rings is 1. The van der Waals surface area contributed by atoms with Gasteiger partial charge in [0.05, 0.1) is 5.52 Å². The Morgan fingerprint density at radius 1 is 1.43 bits per heavy atom. The highest BCUT2D eigenvalue weighted by atomic mass is 32.1. The lowest BCUT2D eigenvalue weighted by atomic mass is 10.1. The summed E-state index contributed by atoms with van der Waals surface area (Å²) in [5, 5.41) is 7.15. The molecule has 1 aromatic carbocycles. The third-order valence-corrected chi connectivity index (χ3v) is 3.82. The smallest absolute Gasteiger partial charge is 0.220 e. The number of carbonyl (C=O) groups excluding carboxylic acids is 1. The van der Waals surface area contributed by atoms with Gasteiger partial charge in [0.2, 0.25) is 5.91 Å². The Balaban J connectivity index is 1.92. The number of para-hydroxylation sites is 1. The summed E-state index contributed by atoms with van der Waals surface area (Å²) in [6, 6.07) is 9.82. The fraction of sp³-hybridized carbons (Fsp3) is 0.267. The number of aromatic nitrogens is 1. The van der Waals surface area contributed by atoms with Gasteiger partial charge in [0.1, 0.15) is 10.8 Å². The average Bonchev–Trinajstić information content (AvgIpc) is 2.48. The number of piperidine rings is 1. The summed E-state index contributed by atoms with van der Waals surface area (Å²) in [5.74, 6) is 0.834. The minimum atomic E-state index is 0.100. The summed E-state index contributed by atoms with van der Waals surface area (Å²) >= 11 is 5.13. The first kappa shape index (κ1) is 13.8. The lowest BCUT2D eigenvalue weighted by Gasteiger charge is -2.24. The summed E-state index contributed by atoms with van der Waals surface area (Å²) < 4.78 is 0. The minimum Gasteiger partial charge on any atom is -0.389 e. The average molecular weight is 300 g/mol.